The summed E-state index contributed by atoms with van der Waals surface area (Å²) in [7, 11) is 0. The number of nitrogens with one attached hydrogen (secondary N) is 2. The second-order valence-electron chi connectivity index (χ2n) is 8.87. The molecule has 1 saturated heterocycles. The molecular weight excluding hydrogens is 452 g/mol. The molecule has 35 heavy (non-hydrogen) atoms. The van der Waals surface area contributed by atoms with Crippen LogP contribution in [0.1, 0.15) is 38.2 Å². The van der Waals surface area contributed by atoms with E-state index in [1.54, 1.807) is 6.08 Å². The van der Waals surface area contributed by atoms with Crippen molar-refractivity contribution in [1.82, 2.24) is 15.5 Å². The number of nitrogens with two attached hydrogens (primary N) is 2. The van der Waals surface area contributed by atoms with E-state index in [0.29, 0.717) is 32.5 Å². The average molecular weight is 487 g/mol. The van der Waals surface area contributed by atoms with Gasteiger partial charge in [-0.15, -0.1) is 0 Å². The molecule has 1 fully saturated rings. The van der Waals surface area contributed by atoms with Gasteiger partial charge in [0, 0.05) is 32.0 Å². The number of rotatable bonds is 7. The Morgan fingerprint density at radius 1 is 1.17 bits per heavy atom. The zero-order valence-corrected chi connectivity index (χ0v) is 19.9. The molecule has 1 aliphatic carbocycles. The molecule has 2 aliphatic rings. The Morgan fingerprint density at radius 2 is 1.91 bits per heavy atom. The Morgan fingerprint density at radius 3 is 2.57 bits per heavy atom. The first kappa shape index (κ1) is 26.0. The van der Waals surface area contributed by atoms with Crippen molar-refractivity contribution in [3.63, 3.8) is 0 Å². The molecule has 0 spiro atoms. The third-order valence-corrected chi connectivity index (χ3v) is 6.23. The summed E-state index contributed by atoms with van der Waals surface area (Å²) >= 11 is 0. The second kappa shape index (κ2) is 12.2. The lowest BCUT2D eigenvalue weighted by molar-refractivity contribution is -0.133. The number of aliphatic imine (C=N–C) groups is 1. The smallest absolute Gasteiger partial charge is 0.407 e. The molecule has 190 valence electrons. The highest BCUT2D eigenvalue weighted by atomic mass is 16.6. The number of carbonyl (C=O) groups is 3. The van der Waals surface area contributed by atoms with Crippen LogP contribution in [-0.2, 0) is 20.9 Å². The van der Waals surface area contributed by atoms with E-state index in [0.717, 1.165) is 12.0 Å². The molecule has 1 heterocycles. The minimum Gasteiger partial charge on any atom is -0.478 e. The van der Waals surface area contributed by atoms with Crippen molar-refractivity contribution in [1.29, 1.82) is 0 Å². The van der Waals surface area contributed by atoms with Crippen LogP contribution < -0.4 is 22.1 Å². The number of hydrogen-bond donors (Lipinski definition) is 5. The summed E-state index contributed by atoms with van der Waals surface area (Å²) in [5, 5.41) is 15.3. The number of benzene rings is 1. The highest BCUT2D eigenvalue weighted by molar-refractivity contribution is 5.87. The van der Waals surface area contributed by atoms with Crippen LogP contribution in [0.25, 0.3) is 0 Å². The van der Waals surface area contributed by atoms with Crippen LogP contribution in [0.3, 0.4) is 0 Å². The second-order valence-corrected chi connectivity index (χ2v) is 8.87. The maximum absolute atomic E-state index is 12.3. The van der Waals surface area contributed by atoms with Crippen LogP contribution in [0.2, 0.25) is 0 Å². The Labute approximate surface area is 204 Å². The summed E-state index contributed by atoms with van der Waals surface area (Å²) in [6.45, 7) is 2.98. The van der Waals surface area contributed by atoms with Crippen LogP contribution in [0, 0.1) is 0 Å². The van der Waals surface area contributed by atoms with Crippen molar-refractivity contribution in [3.05, 3.63) is 47.5 Å². The summed E-state index contributed by atoms with van der Waals surface area (Å²) < 4.78 is 5.64. The zero-order valence-electron chi connectivity index (χ0n) is 19.9. The predicted octanol–water partition coefficient (Wildman–Crippen LogP) is 0.697. The fourth-order valence-electron chi connectivity index (χ4n) is 4.65. The summed E-state index contributed by atoms with van der Waals surface area (Å²) in [5.41, 5.74) is 12.4. The van der Waals surface area contributed by atoms with Gasteiger partial charge in [-0.05, 0) is 31.4 Å². The van der Waals surface area contributed by atoms with E-state index < -0.39 is 30.2 Å². The fraction of sp³-hybridized carbons (Fsp3) is 0.500. The van der Waals surface area contributed by atoms with E-state index in [9.17, 15) is 19.5 Å². The SMILES string of the molecule is CC(=O)N[C@@H]1[C@@H](N=C(N)N)CC(C(=O)O)=C[C@H]1N1CCCC(OC(=O)NCc2ccccc2)CC1. The number of ether oxygens (including phenoxy) is 1. The third-order valence-electron chi connectivity index (χ3n) is 6.23. The standard InChI is InChI=1S/C24H34N6O5/c1-15(31)28-21-19(29-23(25)26)12-17(22(32)33)13-20(21)30-10-5-8-18(9-11-30)35-24(34)27-14-16-6-3-2-4-7-16/h2-4,6-7,13,18-21H,5,8-12,14H2,1H3,(H,27,34)(H,28,31)(H,32,33)(H4,25,26,29)/t18?,19-,20+,21+/m0/s1. The largest absolute Gasteiger partial charge is 0.478 e. The van der Waals surface area contributed by atoms with Crippen LogP contribution in [0.5, 0.6) is 0 Å². The predicted molar refractivity (Wildman–Crippen MR) is 130 cm³/mol. The van der Waals surface area contributed by atoms with Gasteiger partial charge in [0.15, 0.2) is 5.96 Å². The van der Waals surface area contributed by atoms with Gasteiger partial charge in [-0.25, -0.2) is 14.6 Å². The molecule has 1 aromatic rings. The topological polar surface area (TPSA) is 172 Å². The Balaban J connectivity index is 1.67. The molecule has 0 aromatic heterocycles. The van der Waals surface area contributed by atoms with Crippen molar-refractivity contribution in [2.75, 3.05) is 13.1 Å². The number of carbonyl (C=O) groups excluding carboxylic acids is 2. The highest BCUT2D eigenvalue weighted by Gasteiger charge is 2.39. The third kappa shape index (κ3) is 7.71. The van der Waals surface area contributed by atoms with Crippen LogP contribution in [-0.4, -0.2) is 71.3 Å². The van der Waals surface area contributed by atoms with Crippen molar-refractivity contribution in [3.8, 4) is 0 Å². The van der Waals surface area contributed by atoms with E-state index in [-0.39, 0.29) is 30.0 Å². The molecule has 11 heteroatoms. The number of carboxylic acids is 1. The van der Waals surface area contributed by atoms with E-state index in [1.807, 2.05) is 30.3 Å². The number of aliphatic carboxylic acids is 1. The van der Waals surface area contributed by atoms with Gasteiger partial charge < -0.3 is 31.9 Å². The first-order valence-electron chi connectivity index (χ1n) is 11.7. The summed E-state index contributed by atoms with van der Waals surface area (Å²) in [4.78, 5) is 42.4. The molecule has 1 aromatic carbocycles. The van der Waals surface area contributed by atoms with E-state index in [2.05, 4.69) is 20.5 Å². The molecule has 1 aliphatic heterocycles. The lowest BCUT2D eigenvalue weighted by atomic mass is 9.85. The average Bonchev–Trinajstić information content (AvgIpc) is 3.04. The highest BCUT2D eigenvalue weighted by Crippen LogP contribution is 2.28. The Bertz CT molecular complexity index is 962. The number of hydrogen-bond acceptors (Lipinski definition) is 6. The normalized spacial score (nSPS) is 24.9. The van der Waals surface area contributed by atoms with Crippen molar-refractivity contribution in [2.24, 2.45) is 16.5 Å². The van der Waals surface area contributed by atoms with Gasteiger partial charge in [-0.3, -0.25) is 9.69 Å². The van der Waals surface area contributed by atoms with Gasteiger partial charge in [0.1, 0.15) is 6.10 Å². The summed E-state index contributed by atoms with van der Waals surface area (Å²) in [6.07, 6.45) is 3.04. The maximum atomic E-state index is 12.3. The molecule has 0 bridgehead atoms. The molecular formula is C24H34N6O5. The van der Waals surface area contributed by atoms with E-state index in [4.69, 9.17) is 16.2 Å². The summed E-state index contributed by atoms with van der Waals surface area (Å²) in [6, 6.07) is 8.05. The van der Waals surface area contributed by atoms with Crippen molar-refractivity contribution >= 4 is 23.9 Å². The minimum absolute atomic E-state index is 0.107. The van der Waals surface area contributed by atoms with E-state index in [1.165, 1.54) is 6.92 Å². The number of carboxylic acid groups (broad SMARTS) is 1. The molecule has 11 nitrogen and oxygen atoms in total. The molecule has 3 rings (SSSR count). The number of guanidine groups is 1. The fourth-order valence-corrected chi connectivity index (χ4v) is 4.65. The Kier molecular flexibility index (Phi) is 9.07. The lowest BCUT2D eigenvalue weighted by Gasteiger charge is -2.40. The molecule has 0 saturated carbocycles. The van der Waals surface area contributed by atoms with E-state index >= 15 is 0 Å². The first-order valence-corrected chi connectivity index (χ1v) is 11.7. The molecule has 7 N–H and O–H groups in total. The monoisotopic (exact) mass is 486 g/mol. The van der Waals surface area contributed by atoms with Gasteiger partial charge in [0.2, 0.25) is 5.91 Å². The molecule has 0 radical (unpaired) electrons. The molecule has 4 atom stereocenters. The minimum atomic E-state index is -1.04. The number of alkyl carbamates (subject to hydrolysis) is 1. The number of nitrogens with zero attached hydrogens (tertiary/aromatic N) is 2. The first-order chi connectivity index (χ1) is 16.7. The number of amides is 2. The zero-order chi connectivity index (χ0) is 25.4. The molecule has 2 amide bonds. The maximum Gasteiger partial charge on any atom is 0.407 e. The lowest BCUT2D eigenvalue weighted by Crippen LogP contribution is -2.58. The van der Waals surface area contributed by atoms with Gasteiger partial charge >= 0.3 is 12.1 Å². The van der Waals surface area contributed by atoms with Crippen molar-refractivity contribution < 1.29 is 24.2 Å². The van der Waals surface area contributed by atoms with Gasteiger partial charge in [-0.1, -0.05) is 36.4 Å². The van der Waals surface area contributed by atoms with Crippen LogP contribution >= 0.6 is 0 Å². The summed E-state index contributed by atoms with van der Waals surface area (Å²) in [5.74, 6) is -1.46. The van der Waals surface area contributed by atoms with Gasteiger partial charge in [-0.2, -0.15) is 0 Å². The van der Waals surface area contributed by atoms with Gasteiger partial charge in [0.05, 0.1) is 18.1 Å². The van der Waals surface area contributed by atoms with Gasteiger partial charge in [0.25, 0.3) is 0 Å². The Hall–Kier alpha value is -3.60. The quantitative estimate of drug-likeness (QED) is 0.277. The molecule has 1 unspecified atom stereocenters. The van der Waals surface area contributed by atoms with Crippen molar-refractivity contribution in [2.45, 2.75) is 63.4 Å². The van der Waals surface area contributed by atoms with Crippen LogP contribution in [0.15, 0.2) is 47.0 Å². The number of likely N-dealkylation sites (tertiary alicyclic amines) is 1. The van der Waals surface area contributed by atoms with Crippen LogP contribution in [0.4, 0.5) is 4.79 Å².